The van der Waals surface area contributed by atoms with Gasteiger partial charge in [0.2, 0.25) is 0 Å². The van der Waals surface area contributed by atoms with Gasteiger partial charge in [-0.15, -0.1) is 0 Å². The number of fused-ring (bicyclic) bond motifs is 1. The Hall–Kier alpha value is -1.34. The van der Waals surface area contributed by atoms with Gasteiger partial charge in [0.1, 0.15) is 11.6 Å². The van der Waals surface area contributed by atoms with Crippen molar-refractivity contribution < 1.29 is 4.74 Å². The van der Waals surface area contributed by atoms with E-state index in [2.05, 4.69) is 15.1 Å². The van der Waals surface area contributed by atoms with Gasteiger partial charge in [0.25, 0.3) is 0 Å². The number of nitrogens with two attached hydrogens (primary N) is 1. The first-order valence-corrected chi connectivity index (χ1v) is 7.42. The molecule has 2 N–H and O–H groups in total. The van der Waals surface area contributed by atoms with Crippen LogP contribution in [0.1, 0.15) is 18.7 Å². The molecular formula is C12H17N5OS. The van der Waals surface area contributed by atoms with Crippen LogP contribution < -0.4 is 5.73 Å². The molecule has 6 nitrogen and oxygen atoms in total. The van der Waals surface area contributed by atoms with E-state index in [0.29, 0.717) is 11.1 Å². The van der Waals surface area contributed by atoms with Gasteiger partial charge in [0, 0.05) is 25.5 Å². The topological polar surface area (TPSA) is 78.9 Å². The Morgan fingerprint density at radius 2 is 2.21 bits per heavy atom. The lowest BCUT2D eigenvalue weighted by atomic mass is 10.2. The first-order valence-electron chi connectivity index (χ1n) is 6.37. The Morgan fingerprint density at radius 1 is 1.42 bits per heavy atom. The molecule has 3 rings (SSSR count). The summed E-state index contributed by atoms with van der Waals surface area (Å²) >= 11 is 1.89. The second-order valence-electron chi connectivity index (χ2n) is 4.65. The molecule has 1 aliphatic heterocycles. The normalized spacial score (nSPS) is 17.1. The van der Waals surface area contributed by atoms with E-state index in [0.717, 1.165) is 48.7 Å². The van der Waals surface area contributed by atoms with Gasteiger partial charge in [-0.25, -0.2) is 9.97 Å². The molecule has 0 bridgehead atoms. The number of nitrogens with zero attached hydrogens (tertiary/aromatic N) is 4. The Balaban J connectivity index is 1.75. The van der Waals surface area contributed by atoms with Crippen LogP contribution in [0.25, 0.3) is 11.0 Å². The first kappa shape index (κ1) is 12.7. The molecule has 0 radical (unpaired) electrons. The highest BCUT2D eigenvalue weighted by Gasteiger charge is 2.16. The maximum Gasteiger partial charge on any atom is 0.163 e. The highest BCUT2D eigenvalue weighted by atomic mass is 32.2. The molecule has 19 heavy (non-hydrogen) atoms. The maximum atomic E-state index is 5.95. The van der Waals surface area contributed by atoms with Crippen LogP contribution in [0, 0.1) is 0 Å². The largest absolute Gasteiger partial charge is 0.383 e. The van der Waals surface area contributed by atoms with Gasteiger partial charge in [-0.3, -0.25) is 4.68 Å². The molecule has 0 unspecified atom stereocenters. The summed E-state index contributed by atoms with van der Waals surface area (Å²) in [5.74, 6) is 2.08. The lowest BCUT2D eigenvalue weighted by Crippen LogP contribution is -2.17. The number of hydrogen-bond acceptors (Lipinski definition) is 6. The van der Waals surface area contributed by atoms with E-state index in [-0.39, 0.29) is 0 Å². The fourth-order valence-corrected chi connectivity index (χ4v) is 3.23. The minimum Gasteiger partial charge on any atom is -0.383 e. The minimum absolute atomic E-state index is 0.515. The lowest BCUT2D eigenvalue weighted by molar-refractivity contribution is 0.1000. The highest BCUT2D eigenvalue weighted by molar-refractivity contribution is 7.99. The van der Waals surface area contributed by atoms with Gasteiger partial charge in [-0.05, 0) is 12.8 Å². The molecule has 0 atom stereocenters. The van der Waals surface area contributed by atoms with Crippen molar-refractivity contribution in [3.63, 3.8) is 0 Å². The monoisotopic (exact) mass is 279 g/mol. The van der Waals surface area contributed by atoms with Crippen molar-refractivity contribution in [2.24, 2.45) is 7.05 Å². The van der Waals surface area contributed by atoms with Crippen LogP contribution in [0.15, 0.2) is 6.20 Å². The maximum absolute atomic E-state index is 5.95. The van der Waals surface area contributed by atoms with Crippen LogP contribution in [0.4, 0.5) is 5.82 Å². The Labute approximate surface area is 115 Å². The van der Waals surface area contributed by atoms with Crippen LogP contribution in [0.2, 0.25) is 0 Å². The zero-order valence-electron chi connectivity index (χ0n) is 10.9. The number of thioether (sulfide) groups is 1. The summed E-state index contributed by atoms with van der Waals surface area (Å²) in [4.78, 5) is 8.90. The number of anilines is 1. The molecule has 0 spiro atoms. The summed E-state index contributed by atoms with van der Waals surface area (Å²) in [6, 6.07) is 0. The summed E-state index contributed by atoms with van der Waals surface area (Å²) in [5.41, 5.74) is 6.75. The zero-order valence-corrected chi connectivity index (χ0v) is 11.7. The van der Waals surface area contributed by atoms with Crippen molar-refractivity contribution >= 4 is 28.6 Å². The second-order valence-corrected chi connectivity index (χ2v) is 5.94. The molecule has 0 amide bonds. The van der Waals surface area contributed by atoms with Crippen LogP contribution in [-0.4, -0.2) is 38.2 Å². The minimum atomic E-state index is 0.515. The van der Waals surface area contributed by atoms with Crippen molar-refractivity contribution in [3.8, 4) is 0 Å². The number of rotatable bonds is 3. The Morgan fingerprint density at radius 3 is 3.00 bits per heavy atom. The van der Waals surface area contributed by atoms with Gasteiger partial charge in [-0.1, -0.05) is 0 Å². The van der Waals surface area contributed by atoms with Gasteiger partial charge in [-0.2, -0.15) is 16.9 Å². The summed E-state index contributed by atoms with van der Waals surface area (Å²) in [5, 5.41) is 5.62. The molecule has 1 aliphatic rings. The van der Waals surface area contributed by atoms with Gasteiger partial charge in [0.15, 0.2) is 5.65 Å². The van der Waals surface area contributed by atoms with Gasteiger partial charge < -0.3 is 10.5 Å². The van der Waals surface area contributed by atoms with E-state index in [1.165, 1.54) is 0 Å². The van der Waals surface area contributed by atoms with Gasteiger partial charge >= 0.3 is 0 Å². The Bertz CT molecular complexity index is 579. The Kier molecular flexibility index (Phi) is 3.56. The van der Waals surface area contributed by atoms with Crippen molar-refractivity contribution in [3.05, 3.63) is 12.0 Å². The molecule has 0 aliphatic carbocycles. The van der Waals surface area contributed by atoms with E-state index in [1.54, 1.807) is 10.9 Å². The molecule has 0 saturated carbocycles. The third kappa shape index (κ3) is 2.66. The van der Waals surface area contributed by atoms with Crippen molar-refractivity contribution in [1.82, 2.24) is 19.7 Å². The van der Waals surface area contributed by atoms with E-state index in [4.69, 9.17) is 10.5 Å². The molecule has 2 aromatic heterocycles. The van der Waals surface area contributed by atoms with Gasteiger partial charge in [0.05, 0.1) is 17.3 Å². The predicted octanol–water partition coefficient (Wildman–Crippen LogP) is 1.36. The summed E-state index contributed by atoms with van der Waals surface area (Å²) in [7, 11) is 1.87. The standard InChI is InChI=1S/C12H17N5OS/c1-17-12-9(6-14-17)11(13)15-10(16-12)7-19-8-2-4-18-5-3-8/h6,8H,2-5,7H2,1H3,(H2,13,15,16). The molecule has 102 valence electrons. The van der Waals surface area contributed by atoms with Crippen LogP contribution >= 0.6 is 11.8 Å². The molecule has 7 heteroatoms. The fourth-order valence-electron chi connectivity index (χ4n) is 2.19. The number of aryl methyl sites for hydroxylation is 1. The molecular weight excluding hydrogens is 262 g/mol. The summed E-state index contributed by atoms with van der Waals surface area (Å²) < 4.78 is 7.09. The molecule has 2 aromatic rings. The predicted molar refractivity (Wildman–Crippen MR) is 75.9 cm³/mol. The van der Waals surface area contributed by atoms with Crippen molar-refractivity contribution in [2.45, 2.75) is 23.8 Å². The smallest absolute Gasteiger partial charge is 0.163 e. The van der Waals surface area contributed by atoms with E-state index >= 15 is 0 Å². The quantitative estimate of drug-likeness (QED) is 0.914. The van der Waals surface area contributed by atoms with Crippen LogP contribution in [0.3, 0.4) is 0 Å². The number of aromatic nitrogens is 4. The zero-order chi connectivity index (χ0) is 13.2. The summed E-state index contributed by atoms with van der Waals surface area (Å²) in [6.45, 7) is 1.73. The number of nitrogen functional groups attached to an aromatic ring is 1. The fraction of sp³-hybridized carbons (Fsp3) is 0.583. The van der Waals surface area contributed by atoms with Crippen LogP contribution in [0.5, 0.6) is 0 Å². The third-order valence-corrected chi connectivity index (χ3v) is 4.65. The number of ether oxygens (including phenoxy) is 1. The average Bonchev–Trinajstić information content (AvgIpc) is 2.80. The van der Waals surface area contributed by atoms with Crippen molar-refractivity contribution in [1.29, 1.82) is 0 Å². The number of hydrogen-bond donors (Lipinski definition) is 1. The molecule has 1 fully saturated rings. The van der Waals surface area contributed by atoms with E-state index in [1.807, 2.05) is 18.8 Å². The van der Waals surface area contributed by atoms with Crippen LogP contribution in [-0.2, 0) is 17.5 Å². The molecule has 3 heterocycles. The average molecular weight is 279 g/mol. The molecule has 1 saturated heterocycles. The van der Waals surface area contributed by atoms with E-state index < -0.39 is 0 Å². The molecule has 0 aromatic carbocycles. The highest BCUT2D eigenvalue weighted by Crippen LogP contribution is 2.26. The first-order chi connectivity index (χ1) is 9.24. The van der Waals surface area contributed by atoms with Crippen molar-refractivity contribution in [2.75, 3.05) is 18.9 Å². The SMILES string of the molecule is Cn1ncc2c(N)nc(CSC3CCOCC3)nc21. The second kappa shape index (κ2) is 5.34. The summed E-state index contributed by atoms with van der Waals surface area (Å²) in [6.07, 6.45) is 3.92. The van der Waals surface area contributed by atoms with E-state index in [9.17, 15) is 0 Å². The lowest BCUT2D eigenvalue weighted by Gasteiger charge is -2.21. The third-order valence-electron chi connectivity index (χ3n) is 3.28.